The van der Waals surface area contributed by atoms with Crippen LogP contribution in [0.25, 0.3) is 0 Å². The van der Waals surface area contributed by atoms with Crippen LogP contribution in [0.5, 0.6) is 5.75 Å². The molecule has 0 amide bonds. The molecule has 1 rings (SSSR count). The van der Waals surface area contributed by atoms with Crippen LogP contribution in [0.1, 0.15) is 31.2 Å². The number of hydrogen-bond acceptors (Lipinski definition) is 2. The van der Waals surface area contributed by atoms with Gasteiger partial charge < -0.3 is 4.74 Å². The number of benzene rings is 1. The summed E-state index contributed by atoms with van der Waals surface area (Å²) in [5.74, 6) is 0.854. The first-order valence-corrected chi connectivity index (χ1v) is 4.85. The Hall–Kier alpha value is -1.49. The van der Waals surface area contributed by atoms with Crippen molar-refractivity contribution >= 4 is 0 Å². The lowest BCUT2D eigenvalue weighted by atomic mass is 9.96. The zero-order valence-electron chi connectivity index (χ0n) is 8.66. The summed E-state index contributed by atoms with van der Waals surface area (Å²) in [4.78, 5) is 0. The van der Waals surface area contributed by atoms with Gasteiger partial charge in [-0.1, -0.05) is 25.5 Å². The number of hydrogen-bond donors (Lipinski definition) is 0. The number of ether oxygens (including phenoxy) is 1. The van der Waals surface area contributed by atoms with E-state index in [0.29, 0.717) is 0 Å². The third kappa shape index (κ3) is 2.50. The molecule has 0 saturated heterocycles. The van der Waals surface area contributed by atoms with Crippen molar-refractivity contribution in [3.63, 3.8) is 0 Å². The second-order valence-electron chi connectivity index (χ2n) is 3.24. The van der Waals surface area contributed by atoms with Crippen molar-refractivity contribution in [2.24, 2.45) is 0 Å². The molecule has 0 saturated carbocycles. The molecular weight excluding hydrogens is 174 g/mol. The molecule has 0 aromatic heterocycles. The summed E-state index contributed by atoms with van der Waals surface area (Å²) in [6.45, 7) is 2.09. The Balaban J connectivity index is 2.79. The average Bonchev–Trinajstić information content (AvgIpc) is 2.26. The van der Waals surface area contributed by atoms with E-state index in [1.165, 1.54) is 0 Å². The van der Waals surface area contributed by atoms with Crippen molar-refractivity contribution in [3.05, 3.63) is 29.8 Å². The van der Waals surface area contributed by atoms with E-state index in [1.54, 1.807) is 7.11 Å². The van der Waals surface area contributed by atoms with Gasteiger partial charge in [-0.15, -0.1) is 0 Å². The maximum absolute atomic E-state index is 8.96. The summed E-state index contributed by atoms with van der Waals surface area (Å²) in [6, 6.07) is 10.0. The molecule has 0 N–H and O–H groups in total. The zero-order valence-corrected chi connectivity index (χ0v) is 8.66. The minimum Gasteiger partial charge on any atom is -0.497 e. The minimum atomic E-state index is 0.0194. The zero-order chi connectivity index (χ0) is 10.4. The van der Waals surface area contributed by atoms with Gasteiger partial charge in [-0.3, -0.25) is 0 Å². The van der Waals surface area contributed by atoms with Gasteiger partial charge in [-0.05, 0) is 24.1 Å². The molecule has 0 aliphatic carbocycles. The molecule has 14 heavy (non-hydrogen) atoms. The van der Waals surface area contributed by atoms with Crippen LogP contribution in [0.3, 0.4) is 0 Å². The van der Waals surface area contributed by atoms with Gasteiger partial charge in [-0.25, -0.2) is 0 Å². The van der Waals surface area contributed by atoms with Crippen LogP contribution >= 0.6 is 0 Å². The minimum absolute atomic E-state index is 0.0194. The highest BCUT2D eigenvalue weighted by Crippen LogP contribution is 2.22. The van der Waals surface area contributed by atoms with Gasteiger partial charge in [0.15, 0.2) is 0 Å². The smallest absolute Gasteiger partial charge is 0.118 e. The van der Waals surface area contributed by atoms with Crippen molar-refractivity contribution in [2.75, 3.05) is 7.11 Å². The monoisotopic (exact) mass is 189 g/mol. The second-order valence-corrected chi connectivity index (χ2v) is 3.24. The fourth-order valence-corrected chi connectivity index (χ4v) is 1.43. The Kier molecular flexibility index (Phi) is 4.00. The van der Waals surface area contributed by atoms with E-state index < -0.39 is 0 Å². The normalized spacial score (nSPS) is 11.8. The summed E-state index contributed by atoms with van der Waals surface area (Å²) >= 11 is 0. The number of nitrogens with zero attached hydrogens (tertiary/aromatic N) is 1. The summed E-state index contributed by atoms with van der Waals surface area (Å²) in [5, 5.41) is 8.96. The van der Waals surface area contributed by atoms with Gasteiger partial charge in [0.25, 0.3) is 0 Å². The van der Waals surface area contributed by atoms with Crippen LogP contribution in [0.2, 0.25) is 0 Å². The molecular formula is C12H15NO. The fraction of sp³-hybridized carbons (Fsp3) is 0.417. The number of methoxy groups -OCH3 is 1. The second kappa shape index (κ2) is 5.29. The molecule has 74 valence electrons. The quantitative estimate of drug-likeness (QED) is 0.729. The van der Waals surface area contributed by atoms with E-state index >= 15 is 0 Å². The Morgan fingerprint density at radius 3 is 2.43 bits per heavy atom. The molecule has 0 fully saturated rings. The predicted molar refractivity (Wildman–Crippen MR) is 56.3 cm³/mol. The van der Waals surface area contributed by atoms with Gasteiger partial charge in [0.1, 0.15) is 5.75 Å². The molecule has 1 unspecified atom stereocenters. The predicted octanol–water partition coefficient (Wildman–Crippen LogP) is 3.10. The lowest BCUT2D eigenvalue weighted by molar-refractivity contribution is 0.414. The Morgan fingerprint density at radius 1 is 1.36 bits per heavy atom. The molecule has 0 radical (unpaired) electrons. The van der Waals surface area contributed by atoms with E-state index in [9.17, 15) is 0 Å². The lowest BCUT2D eigenvalue weighted by Gasteiger charge is -2.08. The first kappa shape index (κ1) is 10.6. The molecule has 1 aromatic carbocycles. The van der Waals surface area contributed by atoms with Crippen molar-refractivity contribution in [2.45, 2.75) is 25.7 Å². The van der Waals surface area contributed by atoms with Gasteiger partial charge in [0.05, 0.1) is 19.1 Å². The number of rotatable bonds is 4. The molecule has 0 bridgehead atoms. The summed E-state index contributed by atoms with van der Waals surface area (Å²) in [6.07, 6.45) is 1.95. The van der Waals surface area contributed by atoms with E-state index in [-0.39, 0.29) is 5.92 Å². The summed E-state index contributed by atoms with van der Waals surface area (Å²) in [7, 11) is 1.64. The van der Waals surface area contributed by atoms with Gasteiger partial charge >= 0.3 is 0 Å². The molecule has 1 aromatic rings. The third-order valence-electron chi connectivity index (χ3n) is 2.25. The average molecular weight is 189 g/mol. The van der Waals surface area contributed by atoms with E-state index in [0.717, 1.165) is 24.2 Å². The molecule has 2 nitrogen and oxygen atoms in total. The molecule has 0 heterocycles. The standard InChI is InChI=1S/C12H15NO/c1-3-4-11(9-13)10-5-7-12(14-2)8-6-10/h5-8,11H,3-4H2,1-2H3. The van der Waals surface area contributed by atoms with Gasteiger partial charge in [0, 0.05) is 0 Å². The first-order valence-electron chi connectivity index (χ1n) is 4.85. The van der Waals surface area contributed by atoms with Crippen molar-refractivity contribution in [1.82, 2.24) is 0 Å². The van der Waals surface area contributed by atoms with Gasteiger partial charge in [-0.2, -0.15) is 5.26 Å². The highest BCUT2D eigenvalue weighted by atomic mass is 16.5. The third-order valence-corrected chi connectivity index (χ3v) is 2.25. The lowest BCUT2D eigenvalue weighted by Crippen LogP contribution is -1.94. The largest absolute Gasteiger partial charge is 0.497 e. The van der Waals surface area contributed by atoms with E-state index in [4.69, 9.17) is 10.00 Å². The molecule has 0 aliphatic rings. The van der Waals surface area contributed by atoms with E-state index in [2.05, 4.69) is 13.0 Å². The fourth-order valence-electron chi connectivity index (χ4n) is 1.43. The maximum atomic E-state index is 8.96. The topological polar surface area (TPSA) is 33.0 Å². The summed E-state index contributed by atoms with van der Waals surface area (Å²) < 4.78 is 5.06. The molecule has 0 aliphatic heterocycles. The highest BCUT2D eigenvalue weighted by Gasteiger charge is 2.08. The maximum Gasteiger partial charge on any atom is 0.118 e. The van der Waals surface area contributed by atoms with Crippen LogP contribution in [0.4, 0.5) is 0 Å². The van der Waals surface area contributed by atoms with E-state index in [1.807, 2.05) is 24.3 Å². The van der Waals surface area contributed by atoms with Crippen LogP contribution < -0.4 is 4.74 Å². The Morgan fingerprint density at radius 2 is 2.00 bits per heavy atom. The first-order chi connectivity index (χ1) is 6.81. The van der Waals surface area contributed by atoms with Crippen molar-refractivity contribution in [1.29, 1.82) is 5.26 Å². The molecule has 1 atom stereocenters. The van der Waals surface area contributed by atoms with Crippen LogP contribution in [0.15, 0.2) is 24.3 Å². The molecule has 0 spiro atoms. The Bertz CT molecular complexity index is 310. The Labute approximate surface area is 85.1 Å². The SMILES string of the molecule is CCCC(C#N)c1ccc(OC)cc1. The van der Waals surface area contributed by atoms with Crippen molar-refractivity contribution < 1.29 is 4.74 Å². The van der Waals surface area contributed by atoms with Gasteiger partial charge in [0.2, 0.25) is 0 Å². The highest BCUT2D eigenvalue weighted by molar-refractivity contribution is 5.31. The van der Waals surface area contributed by atoms with Crippen LogP contribution in [0, 0.1) is 11.3 Å². The van der Waals surface area contributed by atoms with Crippen molar-refractivity contribution in [3.8, 4) is 11.8 Å². The van der Waals surface area contributed by atoms with Crippen LogP contribution in [-0.4, -0.2) is 7.11 Å². The van der Waals surface area contributed by atoms with Crippen LogP contribution in [-0.2, 0) is 0 Å². The summed E-state index contributed by atoms with van der Waals surface area (Å²) in [5.41, 5.74) is 1.08. The number of nitriles is 1. The molecule has 2 heteroatoms.